The van der Waals surface area contributed by atoms with Gasteiger partial charge >= 0.3 is 6.03 Å². The summed E-state index contributed by atoms with van der Waals surface area (Å²) in [6.45, 7) is -0.564. The third-order valence-electron chi connectivity index (χ3n) is 6.46. The molecule has 1 aromatic carbocycles. The van der Waals surface area contributed by atoms with Crippen LogP contribution in [0.25, 0.3) is 16.6 Å². The van der Waals surface area contributed by atoms with Gasteiger partial charge in [0, 0.05) is 29.9 Å². The summed E-state index contributed by atoms with van der Waals surface area (Å²) in [4.78, 5) is 28.2. The van der Waals surface area contributed by atoms with E-state index < -0.39 is 36.6 Å². The smallest absolute Gasteiger partial charge is 0.321 e. The van der Waals surface area contributed by atoms with Crippen molar-refractivity contribution in [2.75, 3.05) is 6.54 Å². The minimum absolute atomic E-state index is 0.0689. The molecule has 3 amide bonds. The number of imidazole rings is 1. The van der Waals surface area contributed by atoms with E-state index in [1.807, 2.05) is 0 Å². The molecule has 4 aromatic rings. The van der Waals surface area contributed by atoms with Crippen LogP contribution in [-0.4, -0.2) is 49.3 Å². The van der Waals surface area contributed by atoms with Gasteiger partial charge in [0.05, 0.1) is 17.8 Å². The molecule has 2 N–H and O–H groups in total. The van der Waals surface area contributed by atoms with Gasteiger partial charge in [-0.15, -0.1) is 0 Å². The number of hydrogen-bond donors (Lipinski definition) is 2. The molecule has 0 bridgehead atoms. The SMILES string of the molecule is O=C1NCC(c2cc([C@H]3C[C@@H]3c3ccc4cnn(CC(F)F)c4c3F)c3nccn3n2)C(=O)N1. The lowest BCUT2D eigenvalue weighted by molar-refractivity contribution is -0.122. The van der Waals surface area contributed by atoms with Crippen LogP contribution in [0.5, 0.6) is 0 Å². The molecule has 1 aliphatic carbocycles. The zero-order valence-electron chi connectivity index (χ0n) is 17.6. The second-order valence-corrected chi connectivity index (χ2v) is 8.54. The number of nitrogens with zero attached hydrogens (tertiary/aromatic N) is 5. The summed E-state index contributed by atoms with van der Waals surface area (Å²) in [5.74, 6) is -1.94. The zero-order valence-corrected chi connectivity index (χ0v) is 17.6. The molecule has 6 rings (SSSR count). The monoisotopic (exact) mass is 469 g/mol. The number of carbonyl (C=O) groups excluding carboxylic acids is 2. The molecule has 9 nitrogen and oxygen atoms in total. The molecule has 12 heteroatoms. The van der Waals surface area contributed by atoms with Crippen LogP contribution in [0.15, 0.2) is 36.8 Å². The number of nitrogens with one attached hydrogen (secondary N) is 2. The van der Waals surface area contributed by atoms with Crippen molar-refractivity contribution in [2.45, 2.75) is 37.1 Å². The molecule has 34 heavy (non-hydrogen) atoms. The maximum absolute atomic E-state index is 15.5. The highest BCUT2D eigenvalue weighted by Crippen LogP contribution is 2.56. The van der Waals surface area contributed by atoms with Gasteiger partial charge in [-0.25, -0.2) is 27.5 Å². The van der Waals surface area contributed by atoms with Crippen LogP contribution in [-0.2, 0) is 11.3 Å². The number of aromatic nitrogens is 5. The second-order valence-electron chi connectivity index (χ2n) is 8.54. The summed E-state index contributed by atoms with van der Waals surface area (Å²) in [7, 11) is 0. The lowest BCUT2D eigenvalue weighted by Crippen LogP contribution is -2.51. The summed E-state index contributed by atoms with van der Waals surface area (Å²) >= 11 is 0. The summed E-state index contributed by atoms with van der Waals surface area (Å²) in [5, 5.41) is 13.7. The van der Waals surface area contributed by atoms with E-state index in [0.29, 0.717) is 28.7 Å². The Kier molecular flexibility index (Phi) is 4.57. The number of benzene rings is 1. The molecule has 1 aliphatic heterocycles. The van der Waals surface area contributed by atoms with Gasteiger partial charge in [0.1, 0.15) is 12.1 Å². The van der Waals surface area contributed by atoms with Gasteiger partial charge in [-0.05, 0) is 29.9 Å². The molecule has 3 aromatic heterocycles. The fraction of sp³-hybridized carbons (Fsp3) is 0.318. The van der Waals surface area contributed by atoms with Crippen molar-refractivity contribution in [3.63, 3.8) is 0 Å². The normalized spacial score (nSPS) is 22.4. The summed E-state index contributed by atoms with van der Waals surface area (Å²) in [6.07, 6.45) is 2.61. The number of fused-ring (bicyclic) bond motifs is 2. The summed E-state index contributed by atoms with van der Waals surface area (Å²) in [6, 6.07) is 4.60. The molecule has 4 heterocycles. The highest BCUT2D eigenvalue weighted by molar-refractivity contribution is 6.00. The van der Waals surface area contributed by atoms with Crippen molar-refractivity contribution in [1.29, 1.82) is 0 Å². The molecule has 2 aliphatic rings. The lowest BCUT2D eigenvalue weighted by Gasteiger charge is -2.22. The summed E-state index contributed by atoms with van der Waals surface area (Å²) < 4.78 is 43.9. The third-order valence-corrected chi connectivity index (χ3v) is 6.46. The first-order valence-electron chi connectivity index (χ1n) is 10.8. The Hall–Kier alpha value is -3.96. The van der Waals surface area contributed by atoms with Crippen LogP contribution in [0.4, 0.5) is 18.0 Å². The molecule has 0 radical (unpaired) electrons. The Labute approximate surface area is 189 Å². The minimum atomic E-state index is -2.65. The highest BCUT2D eigenvalue weighted by Gasteiger charge is 2.44. The van der Waals surface area contributed by atoms with Crippen molar-refractivity contribution in [3.05, 3.63) is 59.4 Å². The minimum Gasteiger partial charge on any atom is -0.337 e. The first-order valence-corrected chi connectivity index (χ1v) is 10.8. The number of rotatable bonds is 5. The standard InChI is InChI=1S/C22H18F3N7O2/c23-17(24)9-32-19-10(7-28-32)1-2-11(18(19)25)12-5-13(12)14-6-16(30-31-4-3-26-20(14)31)15-8-27-22(34)29-21(15)33/h1-4,6-7,12-13,15,17H,5,8-9H2,(H2,27,29,33,34)/t12-,13+,15?/m1/s1. The van der Waals surface area contributed by atoms with Crippen LogP contribution in [0.1, 0.15) is 41.0 Å². The van der Waals surface area contributed by atoms with Crippen molar-refractivity contribution >= 4 is 28.5 Å². The van der Waals surface area contributed by atoms with Gasteiger partial charge in [0.15, 0.2) is 11.5 Å². The summed E-state index contributed by atoms with van der Waals surface area (Å²) in [5.41, 5.74) is 2.37. The number of alkyl halides is 2. The number of imide groups is 1. The van der Waals surface area contributed by atoms with Crippen molar-refractivity contribution in [2.24, 2.45) is 0 Å². The molecule has 1 saturated heterocycles. The fourth-order valence-corrected chi connectivity index (χ4v) is 4.76. The van der Waals surface area contributed by atoms with Gasteiger partial charge in [-0.3, -0.25) is 14.8 Å². The van der Waals surface area contributed by atoms with Crippen LogP contribution in [0.3, 0.4) is 0 Å². The topological polar surface area (TPSA) is 106 Å². The maximum atomic E-state index is 15.5. The molecule has 174 valence electrons. The first-order chi connectivity index (χ1) is 16.4. The van der Waals surface area contributed by atoms with Crippen LogP contribution < -0.4 is 10.6 Å². The van der Waals surface area contributed by atoms with Crippen LogP contribution in [0, 0.1) is 5.82 Å². The van der Waals surface area contributed by atoms with E-state index in [0.717, 1.165) is 10.2 Å². The maximum Gasteiger partial charge on any atom is 0.321 e. The van der Waals surface area contributed by atoms with E-state index in [2.05, 4.69) is 25.8 Å². The van der Waals surface area contributed by atoms with E-state index in [1.54, 1.807) is 35.1 Å². The van der Waals surface area contributed by atoms with Crippen molar-refractivity contribution in [3.8, 4) is 0 Å². The fourth-order valence-electron chi connectivity index (χ4n) is 4.76. The molecular weight excluding hydrogens is 451 g/mol. The van der Waals surface area contributed by atoms with E-state index in [9.17, 15) is 18.4 Å². The average Bonchev–Trinajstić information content (AvgIpc) is 3.23. The number of hydrogen-bond acceptors (Lipinski definition) is 5. The number of halogens is 3. The number of urea groups is 1. The number of amides is 3. The Bertz CT molecular complexity index is 1460. The van der Waals surface area contributed by atoms with Gasteiger partial charge < -0.3 is 5.32 Å². The Morgan fingerprint density at radius 3 is 2.79 bits per heavy atom. The van der Waals surface area contributed by atoms with Gasteiger partial charge in [0.25, 0.3) is 6.43 Å². The van der Waals surface area contributed by atoms with Crippen molar-refractivity contribution in [1.82, 2.24) is 35.0 Å². The van der Waals surface area contributed by atoms with E-state index in [-0.39, 0.29) is 23.9 Å². The van der Waals surface area contributed by atoms with Gasteiger partial charge in [-0.2, -0.15) is 10.2 Å². The largest absolute Gasteiger partial charge is 0.337 e. The molecule has 3 atom stereocenters. The molecule has 2 fully saturated rings. The quantitative estimate of drug-likeness (QED) is 0.468. The Morgan fingerprint density at radius 1 is 1.18 bits per heavy atom. The van der Waals surface area contributed by atoms with Gasteiger partial charge in [0.2, 0.25) is 5.91 Å². The van der Waals surface area contributed by atoms with Crippen LogP contribution >= 0.6 is 0 Å². The Balaban J connectivity index is 1.37. The molecule has 1 unspecified atom stereocenters. The van der Waals surface area contributed by atoms with Gasteiger partial charge in [-0.1, -0.05) is 12.1 Å². The molecular formula is C22H18F3N7O2. The lowest BCUT2D eigenvalue weighted by atomic mass is 9.98. The van der Waals surface area contributed by atoms with E-state index in [4.69, 9.17) is 0 Å². The van der Waals surface area contributed by atoms with Crippen LogP contribution in [0.2, 0.25) is 0 Å². The highest BCUT2D eigenvalue weighted by atomic mass is 19.3. The molecule has 0 spiro atoms. The average molecular weight is 469 g/mol. The molecule has 1 saturated carbocycles. The third kappa shape index (κ3) is 3.28. The van der Waals surface area contributed by atoms with E-state index in [1.165, 1.54) is 6.20 Å². The second kappa shape index (κ2) is 7.54. The van der Waals surface area contributed by atoms with Crippen molar-refractivity contribution < 1.29 is 22.8 Å². The zero-order chi connectivity index (χ0) is 23.6. The predicted octanol–water partition coefficient (Wildman–Crippen LogP) is 2.68. The predicted molar refractivity (Wildman–Crippen MR) is 113 cm³/mol. The first kappa shape index (κ1) is 20.6. The van der Waals surface area contributed by atoms with E-state index >= 15 is 4.39 Å². The number of carbonyl (C=O) groups is 2. The Morgan fingerprint density at radius 2 is 2.00 bits per heavy atom.